The van der Waals surface area contributed by atoms with Crippen molar-refractivity contribution in [2.24, 2.45) is 10.1 Å². The summed E-state index contributed by atoms with van der Waals surface area (Å²) in [5.74, 6) is 0. The third kappa shape index (κ3) is 7.51. The van der Waals surface area contributed by atoms with E-state index >= 15 is 0 Å². The van der Waals surface area contributed by atoms with Crippen molar-refractivity contribution in [3.05, 3.63) is 29.3 Å². The number of urea groups is 1. The first-order valence-electron chi connectivity index (χ1n) is 7.99. The van der Waals surface area contributed by atoms with Crippen LogP contribution >= 0.6 is 23.9 Å². The van der Waals surface area contributed by atoms with Crippen molar-refractivity contribution < 1.29 is 14.4 Å². The molecule has 0 atom stereocenters. The molecule has 0 fully saturated rings. The van der Waals surface area contributed by atoms with Gasteiger partial charge in [-0.15, -0.1) is 11.8 Å². The van der Waals surface area contributed by atoms with Gasteiger partial charge in [0.15, 0.2) is 0 Å². The molecule has 1 aromatic carbocycles. The number of thioether (sulfide) groups is 1. The highest BCUT2D eigenvalue weighted by Crippen LogP contribution is 2.19. The molecule has 3 amide bonds. The maximum absolute atomic E-state index is 12.4. The van der Waals surface area contributed by atoms with Crippen LogP contribution in [-0.4, -0.2) is 64.4 Å². The summed E-state index contributed by atoms with van der Waals surface area (Å²) in [7, 11) is 4.63. The highest BCUT2D eigenvalue weighted by atomic mass is 32.2. The Bertz CT molecular complexity index is 739. The molecule has 0 aliphatic rings. The van der Waals surface area contributed by atoms with E-state index in [0.717, 1.165) is 28.9 Å². The van der Waals surface area contributed by atoms with Crippen LogP contribution in [0.15, 0.2) is 28.3 Å². The summed E-state index contributed by atoms with van der Waals surface area (Å²) in [6.45, 7) is 5.70. The number of oxime groups is 1. The Hall–Kier alpha value is -2.20. The Kier molecular flexibility index (Phi) is 9.16. The summed E-state index contributed by atoms with van der Waals surface area (Å²) < 4.78 is 2.46. The molecule has 1 aromatic rings. The molecule has 8 nitrogen and oxygen atoms in total. The lowest BCUT2D eigenvalue weighted by Crippen LogP contribution is -2.37. The molecular formula is C17H25N5O3S2. The number of aliphatic imine (C=N–C) groups is 1. The van der Waals surface area contributed by atoms with Crippen LogP contribution in [0.5, 0.6) is 0 Å². The van der Waals surface area contributed by atoms with E-state index in [1.165, 1.54) is 38.7 Å². The number of hydrogen-bond donors (Lipinski definition) is 0. The predicted octanol–water partition coefficient (Wildman–Crippen LogP) is 4.27. The summed E-state index contributed by atoms with van der Waals surface area (Å²) in [5.41, 5.74) is 2.97. The third-order valence-electron chi connectivity index (χ3n) is 3.34. The van der Waals surface area contributed by atoms with Crippen molar-refractivity contribution >= 4 is 53.1 Å². The molecule has 0 aliphatic carbocycles. The maximum Gasteiger partial charge on any atom is 0.447 e. The van der Waals surface area contributed by atoms with Crippen molar-refractivity contribution in [2.75, 3.05) is 27.4 Å². The fourth-order valence-corrected chi connectivity index (χ4v) is 2.60. The molecule has 148 valence electrons. The number of nitrogens with zero attached hydrogens (tertiary/aromatic N) is 5. The van der Waals surface area contributed by atoms with E-state index in [2.05, 4.69) is 10.1 Å². The molecule has 0 spiro atoms. The monoisotopic (exact) mass is 411 g/mol. The number of hydrogen-bond acceptors (Lipinski definition) is 7. The molecule has 0 heterocycles. The number of benzene rings is 1. The second kappa shape index (κ2) is 10.8. The van der Waals surface area contributed by atoms with Crippen LogP contribution in [0, 0.1) is 13.8 Å². The van der Waals surface area contributed by atoms with Crippen LogP contribution in [0.25, 0.3) is 0 Å². The second-order valence-corrected chi connectivity index (χ2v) is 7.93. The summed E-state index contributed by atoms with van der Waals surface area (Å²) in [6, 6.07) is 5.54. The van der Waals surface area contributed by atoms with E-state index in [-0.39, 0.29) is 6.03 Å². The maximum atomic E-state index is 12.4. The van der Waals surface area contributed by atoms with E-state index in [0.29, 0.717) is 5.04 Å². The first-order chi connectivity index (χ1) is 12.6. The smallest absolute Gasteiger partial charge is 0.296 e. The van der Waals surface area contributed by atoms with Crippen molar-refractivity contribution in [2.45, 2.75) is 20.8 Å². The van der Waals surface area contributed by atoms with Gasteiger partial charge in [0.1, 0.15) is 5.04 Å². The van der Waals surface area contributed by atoms with Crippen LogP contribution in [0.4, 0.5) is 15.3 Å². The number of carbonyl (C=O) groups is 2. The van der Waals surface area contributed by atoms with Gasteiger partial charge in [-0.1, -0.05) is 22.9 Å². The molecule has 0 N–H and O–H groups in total. The molecule has 0 radical (unpaired) electrons. The van der Waals surface area contributed by atoms with Gasteiger partial charge in [0, 0.05) is 21.1 Å². The highest BCUT2D eigenvalue weighted by Gasteiger charge is 2.20. The third-order valence-corrected chi connectivity index (χ3v) is 4.80. The summed E-state index contributed by atoms with van der Waals surface area (Å²) in [6.07, 6.45) is 2.59. The lowest BCUT2D eigenvalue weighted by atomic mass is 10.1. The van der Waals surface area contributed by atoms with Gasteiger partial charge in [0.2, 0.25) is 0 Å². The zero-order valence-electron chi connectivity index (χ0n) is 16.6. The topological polar surface area (TPSA) is 77.8 Å². The molecule has 0 saturated carbocycles. The number of aryl methyl sites for hydroxylation is 2. The van der Waals surface area contributed by atoms with Gasteiger partial charge in [-0.3, -0.25) is 14.0 Å². The van der Waals surface area contributed by atoms with Gasteiger partial charge in [0.25, 0.3) is 0 Å². The summed E-state index contributed by atoms with van der Waals surface area (Å²) in [4.78, 5) is 34.7. The predicted molar refractivity (Wildman–Crippen MR) is 113 cm³/mol. The van der Waals surface area contributed by atoms with Crippen LogP contribution in [-0.2, 0) is 4.84 Å². The Morgan fingerprint density at radius 3 is 2.41 bits per heavy atom. The molecule has 0 aromatic heterocycles. The Labute approximate surface area is 168 Å². The zero-order chi connectivity index (χ0) is 20.6. The van der Waals surface area contributed by atoms with E-state index < -0.39 is 6.09 Å². The Morgan fingerprint density at radius 1 is 1.15 bits per heavy atom. The quantitative estimate of drug-likeness (QED) is 0.238. The van der Waals surface area contributed by atoms with Gasteiger partial charge in [0.05, 0.1) is 24.2 Å². The molecule has 0 unspecified atom stereocenters. The second-order valence-electron chi connectivity index (χ2n) is 5.68. The van der Waals surface area contributed by atoms with Crippen molar-refractivity contribution in [3.63, 3.8) is 0 Å². The molecular weight excluding hydrogens is 386 g/mol. The van der Waals surface area contributed by atoms with Crippen LogP contribution in [0.1, 0.15) is 18.1 Å². The molecule has 0 aliphatic heterocycles. The van der Waals surface area contributed by atoms with Gasteiger partial charge in [-0.25, -0.2) is 18.9 Å². The minimum absolute atomic E-state index is 0.350. The summed E-state index contributed by atoms with van der Waals surface area (Å²) in [5, 5.41) is 4.29. The fourth-order valence-electron chi connectivity index (χ4n) is 1.82. The first-order valence-corrected chi connectivity index (χ1v) is 9.94. The fraction of sp³-hybridized carbons (Fsp3) is 0.412. The van der Waals surface area contributed by atoms with Gasteiger partial charge >= 0.3 is 12.1 Å². The van der Waals surface area contributed by atoms with Crippen molar-refractivity contribution in [1.29, 1.82) is 0 Å². The molecule has 0 saturated heterocycles. The normalized spacial score (nSPS) is 11.4. The number of carbonyl (C=O) groups excluding carboxylic acids is 2. The van der Waals surface area contributed by atoms with Crippen molar-refractivity contribution in [3.8, 4) is 0 Å². The lowest BCUT2D eigenvalue weighted by Gasteiger charge is -2.23. The largest absolute Gasteiger partial charge is 0.447 e. The average Bonchev–Trinajstić information content (AvgIpc) is 2.63. The minimum Gasteiger partial charge on any atom is -0.296 e. The SMILES string of the molecule is CSC(C)=NOC(=O)N(C)SN(C)C(=O)N(C)C=Nc1ccc(C)cc1C. The Balaban J connectivity index is 2.63. The van der Waals surface area contributed by atoms with Crippen LogP contribution < -0.4 is 0 Å². The minimum atomic E-state index is -0.681. The molecule has 0 bridgehead atoms. The first kappa shape index (κ1) is 22.8. The summed E-state index contributed by atoms with van der Waals surface area (Å²) >= 11 is 2.26. The van der Waals surface area contributed by atoms with Gasteiger partial charge < -0.3 is 0 Å². The van der Waals surface area contributed by atoms with E-state index in [1.807, 2.05) is 38.3 Å². The van der Waals surface area contributed by atoms with Crippen LogP contribution in [0.3, 0.4) is 0 Å². The van der Waals surface area contributed by atoms with E-state index in [1.54, 1.807) is 21.0 Å². The molecule has 27 heavy (non-hydrogen) atoms. The highest BCUT2D eigenvalue weighted by molar-refractivity contribution is 8.13. The standard InChI is InChI=1S/C17H25N5O3S2/c1-12-8-9-15(13(2)10-12)18-11-20(4)16(23)21(5)27-22(6)17(24)25-19-14(3)26-7/h8-11H,1-7H3. The Morgan fingerprint density at radius 2 is 1.81 bits per heavy atom. The molecule has 10 heteroatoms. The van der Waals surface area contributed by atoms with E-state index in [9.17, 15) is 9.59 Å². The van der Waals surface area contributed by atoms with E-state index in [4.69, 9.17) is 4.84 Å². The zero-order valence-corrected chi connectivity index (χ0v) is 18.2. The molecule has 1 rings (SSSR count). The van der Waals surface area contributed by atoms with Crippen molar-refractivity contribution in [1.82, 2.24) is 13.5 Å². The van der Waals surface area contributed by atoms with Gasteiger partial charge in [-0.2, -0.15) is 0 Å². The number of amides is 3. The number of rotatable bonds is 5. The van der Waals surface area contributed by atoms with Crippen LogP contribution in [0.2, 0.25) is 0 Å². The van der Waals surface area contributed by atoms with Gasteiger partial charge in [-0.05, 0) is 38.7 Å². The lowest BCUT2D eigenvalue weighted by molar-refractivity contribution is 0.136. The average molecular weight is 412 g/mol.